The van der Waals surface area contributed by atoms with Crippen molar-refractivity contribution in [3.63, 3.8) is 0 Å². The number of benzene rings is 1. The molecule has 2 N–H and O–H groups in total. The Morgan fingerprint density at radius 3 is 2.96 bits per heavy atom. The quantitative estimate of drug-likeness (QED) is 0.755. The molecule has 0 bridgehead atoms. The molecule has 7 nitrogen and oxygen atoms in total. The van der Waals surface area contributed by atoms with Crippen LogP contribution in [0.25, 0.3) is 10.9 Å². The minimum absolute atomic E-state index is 0.0491. The Morgan fingerprint density at radius 1 is 1.38 bits per heavy atom. The lowest BCUT2D eigenvalue weighted by Gasteiger charge is -2.28. The molecular formula is C19H20N4O3. The SMILES string of the molecule is CC(CC(=O)N1CCc2[nH]c3ccc(C(=O)O)cc3c2C1)n1ccnc1. The van der Waals surface area contributed by atoms with Gasteiger partial charge in [0, 0.05) is 66.5 Å². The number of hydrogen-bond donors (Lipinski definition) is 2. The van der Waals surface area contributed by atoms with Crippen molar-refractivity contribution in [2.75, 3.05) is 6.54 Å². The number of aromatic nitrogens is 3. The number of hydrogen-bond acceptors (Lipinski definition) is 3. The number of rotatable bonds is 4. The summed E-state index contributed by atoms with van der Waals surface area (Å²) in [5, 5.41) is 10.1. The molecule has 0 radical (unpaired) electrons. The lowest BCUT2D eigenvalue weighted by Crippen LogP contribution is -2.36. The van der Waals surface area contributed by atoms with Crippen LogP contribution in [0.15, 0.2) is 36.9 Å². The molecule has 0 aliphatic carbocycles. The fourth-order valence-corrected chi connectivity index (χ4v) is 3.58. The predicted molar refractivity (Wildman–Crippen MR) is 95.9 cm³/mol. The molecule has 0 saturated carbocycles. The van der Waals surface area contributed by atoms with Crippen molar-refractivity contribution in [2.24, 2.45) is 0 Å². The molecular weight excluding hydrogens is 332 g/mol. The normalized spacial score (nSPS) is 15.0. The van der Waals surface area contributed by atoms with Crippen LogP contribution < -0.4 is 0 Å². The molecule has 1 aliphatic heterocycles. The Hall–Kier alpha value is -3.09. The second-order valence-electron chi connectivity index (χ2n) is 6.78. The monoisotopic (exact) mass is 352 g/mol. The number of H-pyrrole nitrogens is 1. The summed E-state index contributed by atoms with van der Waals surface area (Å²) in [4.78, 5) is 33.2. The van der Waals surface area contributed by atoms with Crippen molar-refractivity contribution in [2.45, 2.75) is 32.4 Å². The third-order valence-corrected chi connectivity index (χ3v) is 5.08. The largest absolute Gasteiger partial charge is 0.478 e. The average Bonchev–Trinajstić information content (AvgIpc) is 3.28. The third-order valence-electron chi connectivity index (χ3n) is 5.08. The van der Waals surface area contributed by atoms with E-state index in [1.165, 1.54) is 0 Å². The summed E-state index contributed by atoms with van der Waals surface area (Å²) >= 11 is 0. The van der Waals surface area contributed by atoms with Gasteiger partial charge in [0.2, 0.25) is 5.91 Å². The van der Waals surface area contributed by atoms with Gasteiger partial charge < -0.3 is 19.6 Å². The van der Waals surface area contributed by atoms with Gasteiger partial charge in [0.25, 0.3) is 0 Å². The van der Waals surface area contributed by atoms with Crippen molar-refractivity contribution in [1.82, 2.24) is 19.4 Å². The number of amides is 1. The second kappa shape index (κ2) is 6.33. The van der Waals surface area contributed by atoms with E-state index in [2.05, 4.69) is 9.97 Å². The van der Waals surface area contributed by atoms with Gasteiger partial charge in [0.05, 0.1) is 11.9 Å². The average molecular weight is 352 g/mol. The van der Waals surface area contributed by atoms with Gasteiger partial charge in [-0.05, 0) is 25.1 Å². The van der Waals surface area contributed by atoms with Gasteiger partial charge in [0.15, 0.2) is 0 Å². The number of carboxylic acid groups (broad SMARTS) is 1. The van der Waals surface area contributed by atoms with Crippen molar-refractivity contribution < 1.29 is 14.7 Å². The van der Waals surface area contributed by atoms with E-state index < -0.39 is 5.97 Å². The van der Waals surface area contributed by atoms with Gasteiger partial charge in [-0.2, -0.15) is 0 Å². The van der Waals surface area contributed by atoms with Crippen LogP contribution in [0.4, 0.5) is 0 Å². The number of carbonyl (C=O) groups excluding carboxylic acids is 1. The lowest BCUT2D eigenvalue weighted by molar-refractivity contribution is -0.132. The van der Waals surface area contributed by atoms with Gasteiger partial charge in [-0.15, -0.1) is 0 Å². The van der Waals surface area contributed by atoms with Crippen LogP contribution in [0.1, 0.15) is 41.0 Å². The maximum atomic E-state index is 12.7. The van der Waals surface area contributed by atoms with Crippen LogP contribution in [0.3, 0.4) is 0 Å². The topological polar surface area (TPSA) is 91.2 Å². The first-order valence-corrected chi connectivity index (χ1v) is 8.65. The van der Waals surface area contributed by atoms with Crippen LogP contribution in [-0.4, -0.2) is 43.0 Å². The fourth-order valence-electron chi connectivity index (χ4n) is 3.58. The van der Waals surface area contributed by atoms with E-state index in [1.54, 1.807) is 30.7 Å². The van der Waals surface area contributed by atoms with Crippen molar-refractivity contribution >= 4 is 22.8 Å². The first-order chi connectivity index (χ1) is 12.5. The van der Waals surface area contributed by atoms with E-state index in [-0.39, 0.29) is 17.5 Å². The molecule has 7 heteroatoms. The Morgan fingerprint density at radius 2 is 2.23 bits per heavy atom. The molecule has 1 atom stereocenters. The summed E-state index contributed by atoms with van der Waals surface area (Å²) in [7, 11) is 0. The van der Waals surface area contributed by atoms with Gasteiger partial charge in [0.1, 0.15) is 0 Å². The highest BCUT2D eigenvalue weighted by Crippen LogP contribution is 2.29. The van der Waals surface area contributed by atoms with E-state index in [0.717, 1.165) is 28.6 Å². The Balaban J connectivity index is 1.56. The summed E-state index contributed by atoms with van der Waals surface area (Å²) in [5.41, 5.74) is 3.30. The number of carboxylic acids is 1. The summed E-state index contributed by atoms with van der Waals surface area (Å²) in [6.07, 6.45) is 6.45. The molecule has 134 valence electrons. The maximum Gasteiger partial charge on any atom is 0.335 e. The number of imidazole rings is 1. The summed E-state index contributed by atoms with van der Waals surface area (Å²) in [6.45, 7) is 3.18. The van der Waals surface area contributed by atoms with Crippen LogP contribution in [0.5, 0.6) is 0 Å². The summed E-state index contributed by atoms with van der Waals surface area (Å²) in [6, 6.07) is 5.13. The first kappa shape index (κ1) is 16.4. The Kier molecular flexibility index (Phi) is 3.99. The minimum Gasteiger partial charge on any atom is -0.478 e. The zero-order valence-corrected chi connectivity index (χ0v) is 14.5. The van der Waals surface area contributed by atoms with Crippen LogP contribution in [-0.2, 0) is 17.8 Å². The van der Waals surface area contributed by atoms with E-state index >= 15 is 0 Å². The van der Waals surface area contributed by atoms with Gasteiger partial charge in [-0.25, -0.2) is 9.78 Å². The second-order valence-corrected chi connectivity index (χ2v) is 6.78. The molecule has 3 heterocycles. The number of nitrogens with one attached hydrogen (secondary N) is 1. The van der Waals surface area contributed by atoms with Crippen molar-refractivity contribution in [3.8, 4) is 0 Å². The third kappa shape index (κ3) is 2.85. The summed E-state index contributed by atoms with van der Waals surface area (Å²) < 4.78 is 1.93. The van der Waals surface area contributed by atoms with Gasteiger partial charge >= 0.3 is 5.97 Å². The van der Waals surface area contributed by atoms with Crippen LogP contribution >= 0.6 is 0 Å². The number of carbonyl (C=O) groups is 2. The molecule has 1 amide bonds. The van der Waals surface area contributed by atoms with Crippen molar-refractivity contribution in [3.05, 3.63) is 53.7 Å². The van der Waals surface area contributed by atoms with Crippen molar-refractivity contribution in [1.29, 1.82) is 0 Å². The fraction of sp³-hybridized carbons (Fsp3) is 0.316. The zero-order chi connectivity index (χ0) is 18.3. The molecule has 1 unspecified atom stereocenters. The zero-order valence-electron chi connectivity index (χ0n) is 14.5. The molecule has 0 saturated heterocycles. The molecule has 0 spiro atoms. The van der Waals surface area contributed by atoms with Gasteiger partial charge in [-0.1, -0.05) is 0 Å². The maximum absolute atomic E-state index is 12.7. The van der Waals surface area contributed by atoms with E-state index in [4.69, 9.17) is 0 Å². The van der Waals surface area contributed by atoms with E-state index in [1.807, 2.05) is 22.6 Å². The predicted octanol–water partition coefficient (Wildman–Crippen LogP) is 2.60. The Bertz CT molecular complexity index is 974. The lowest BCUT2D eigenvalue weighted by atomic mass is 10.0. The molecule has 4 rings (SSSR count). The molecule has 1 aromatic carbocycles. The summed E-state index contributed by atoms with van der Waals surface area (Å²) in [5.74, 6) is -0.847. The molecule has 26 heavy (non-hydrogen) atoms. The minimum atomic E-state index is -0.945. The highest BCUT2D eigenvalue weighted by molar-refractivity contribution is 5.95. The van der Waals surface area contributed by atoms with Crippen LogP contribution in [0.2, 0.25) is 0 Å². The van der Waals surface area contributed by atoms with E-state index in [0.29, 0.717) is 19.5 Å². The standard InChI is InChI=1S/C19H20N4O3/c1-12(23-7-5-20-11-23)8-18(24)22-6-4-17-15(10-22)14-9-13(19(25)26)2-3-16(14)21-17/h2-3,5,7,9,11-12,21H,4,6,8,10H2,1H3,(H,25,26). The molecule has 3 aromatic rings. The first-order valence-electron chi connectivity index (χ1n) is 8.65. The number of aromatic carboxylic acids is 1. The smallest absolute Gasteiger partial charge is 0.335 e. The number of fused-ring (bicyclic) bond motifs is 3. The highest BCUT2D eigenvalue weighted by atomic mass is 16.4. The van der Waals surface area contributed by atoms with E-state index in [9.17, 15) is 14.7 Å². The molecule has 1 aliphatic rings. The van der Waals surface area contributed by atoms with Crippen LogP contribution in [0, 0.1) is 0 Å². The molecule has 2 aromatic heterocycles. The number of nitrogens with zero attached hydrogens (tertiary/aromatic N) is 3. The molecule has 0 fully saturated rings. The van der Waals surface area contributed by atoms with Gasteiger partial charge in [-0.3, -0.25) is 4.79 Å². The Labute approximate surface area is 150 Å². The highest BCUT2D eigenvalue weighted by Gasteiger charge is 2.25. The number of aromatic amines is 1.